The Balaban J connectivity index is 1.45. The van der Waals surface area contributed by atoms with Crippen LogP contribution in [-0.4, -0.2) is 38.4 Å². The lowest BCUT2D eigenvalue weighted by atomic mass is 9.96. The number of amides is 1. The Morgan fingerprint density at radius 2 is 1.96 bits per heavy atom. The molecule has 0 spiro atoms. The van der Waals surface area contributed by atoms with Crippen LogP contribution in [0.25, 0.3) is 10.8 Å². The summed E-state index contributed by atoms with van der Waals surface area (Å²) >= 11 is 0. The van der Waals surface area contributed by atoms with Crippen LogP contribution in [0.1, 0.15) is 28.9 Å². The molecule has 1 fully saturated rings. The molecule has 0 aliphatic carbocycles. The molecule has 6 nitrogen and oxygen atoms in total. The fraction of sp³-hybridized carbons (Fsp3) is 0.333. The zero-order chi connectivity index (χ0) is 18.8. The molecule has 1 aliphatic heterocycles. The molecule has 0 N–H and O–H groups in total. The summed E-state index contributed by atoms with van der Waals surface area (Å²) < 4.78 is 1.68. The third kappa shape index (κ3) is 3.47. The quantitative estimate of drug-likeness (QED) is 0.718. The van der Waals surface area contributed by atoms with Gasteiger partial charge in [-0.05, 0) is 37.1 Å². The van der Waals surface area contributed by atoms with E-state index in [0.29, 0.717) is 36.8 Å². The fourth-order valence-corrected chi connectivity index (χ4v) is 3.73. The van der Waals surface area contributed by atoms with Crippen molar-refractivity contribution in [3.05, 3.63) is 70.7 Å². The van der Waals surface area contributed by atoms with Gasteiger partial charge in [0.25, 0.3) is 11.5 Å². The number of carbonyl (C=O) groups is 1. The zero-order valence-electron chi connectivity index (χ0n) is 15.3. The molecule has 4 rings (SSSR count). The Morgan fingerprint density at radius 1 is 1.19 bits per heavy atom. The third-order valence-corrected chi connectivity index (χ3v) is 5.31. The molecule has 3 heterocycles. The average molecular weight is 362 g/mol. The van der Waals surface area contributed by atoms with Crippen molar-refractivity contribution in [1.29, 1.82) is 0 Å². The second-order valence-corrected chi connectivity index (χ2v) is 7.15. The van der Waals surface area contributed by atoms with Crippen LogP contribution in [0.4, 0.5) is 0 Å². The normalized spacial score (nSPS) is 15.2. The summed E-state index contributed by atoms with van der Waals surface area (Å²) in [7, 11) is 0. The van der Waals surface area contributed by atoms with Gasteiger partial charge in [-0.3, -0.25) is 19.1 Å². The van der Waals surface area contributed by atoms with E-state index in [9.17, 15) is 9.59 Å². The van der Waals surface area contributed by atoms with Gasteiger partial charge < -0.3 is 4.90 Å². The molecule has 0 saturated carbocycles. The van der Waals surface area contributed by atoms with Crippen LogP contribution in [0.5, 0.6) is 0 Å². The molecule has 1 saturated heterocycles. The maximum Gasteiger partial charge on any atom is 0.273 e. The minimum Gasteiger partial charge on any atom is -0.337 e. The lowest BCUT2D eigenvalue weighted by Gasteiger charge is -2.32. The molecule has 6 heteroatoms. The second-order valence-electron chi connectivity index (χ2n) is 7.15. The first-order chi connectivity index (χ1) is 13.1. The van der Waals surface area contributed by atoms with Crippen LogP contribution in [-0.2, 0) is 6.54 Å². The summed E-state index contributed by atoms with van der Waals surface area (Å²) in [6.45, 7) is 3.80. The Bertz CT molecular complexity index is 1030. The van der Waals surface area contributed by atoms with Crippen LogP contribution in [0.2, 0.25) is 0 Å². The number of rotatable bonds is 3. The Morgan fingerprint density at radius 3 is 2.78 bits per heavy atom. The molecule has 138 valence electrons. The highest BCUT2D eigenvalue weighted by Crippen LogP contribution is 2.23. The highest BCUT2D eigenvalue weighted by Gasteiger charge is 2.25. The van der Waals surface area contributed by atoms with Crippen LogP contribution in [0.3, 0.4) is 0 Å². The van der Waals surface area contributed by atoms with E-state index in [2.05, 4.69) is 9.97 Å². The van der Waals surface area contributed by atoms with Gasteiger partial charge >= 0.3 is 0 Å². The third-order valence-electron chi connectivity index (χ3n) is 5.31. The Kier molecular flexibility index (Phi) is 4.71. The van der Waals surface area contributed by atoms with E-state index in [1.54, 1.807) is 30.2 Å². The molecule has 27 heavy (non-hydrogen) atoms. The maximum atomic E-state index is 13.0. The average Bonchev–Trinajstić information content (AvgIpc) is 2.71. The van der Waals surface area contributed by atoms with Crippen molar-refractivity contribution in [2.75, 3.05) is 13.1 Å². The largest absolute Gasteiger partial charge is 0.337 e. The maximum absolute atomic E-state index is 13.0. The van der Waals surface area contributed by atoms with Gasteiger partial charge in [0, 0.05) is 43.0 Å². The topological polar surface area (TPSA) is 68.1 Å². The minimum absolute atomic E-state index is 0.0142. The number of fused-ring (bicyclic) bond motifs is 1. The number of hydrogen-bond acceptors (Lipinski definition) is 4. The van der Waals surface area contributed by atoms with Crippen molar-refractivity contribution >= 4 is 16.7 Å². The summed E-state index contributed by atoms with van der Waals surface area (Å²) in [6, 6.07) is 9.75. The first-order valence-electron chi connectivity index (χ1n) is 9.27. The molecule has 1 aliphatic rings. The Hall–Kier alpha value is -3.02. The monoisotopic (exact) mass is 362 g/mol. The van der Waals surface area contributed by atoms with Gasteiger partial charge in [0.2, 0.25) is 0 Å². The summed E-state index contributed by atoms with van der Waals surface area (Å²) in [4.78, 5) is 35.5. The van der Waals surface area contributed by atoms with Gasteiger partial charge in [-0.25, -0.2) is 4.98 Å². The molecule has 1 aromatic carbocycles. The van der Waals surface area contributed by atoms with Crippen molar-refractivity contribution in [3.63, 3.8) is 0 Å². The van der Waals surface area contributed by atoms with Gasteiger partial charge in [0.05, 0.1) is 6.33 Å². The predicted molar refractivity (Wildman–Crippen MR) is 104 cm³/mol. The zero-order valence-corrected chi connectivity index (χ0v) is 15.3. The van der Waals surface area contributed by atoms with E-state index < -0.39 is 0 Å². The number of benzene rings is 1. The van der Waals surface area contributed by atoms with E-state index in [4.69, 9.17) is 0 Å². The van der Waals surface area contributed by atoms with Gasteiger partial charge in [-0.15, -0.1) is 0 Å². The number of carbonyl (C=O) groups excluding carboxylic acids is 1. The van der Waals surface area contributed by atoms with Crippen molar-refractivity contribution in [3.8, 4) is 0 Å². The minimum atomic E-state index is -0.0142. The number of likely N-dealkylation sites (tertiary alicyclic amines) is 1. The van der Waals surface area contributed by atoms with E-state index in [-0.39, 0.29) is 11.5 Å². The number of nitrogens with zero attached hydrogens (tertiary/aromatic N) is 4. The van der Waals surface area contributed by atoms with Gasteiger partial charge in [-0.1, -0.05) is 24.3 Å². The molecule has 0 radical (unpaired) electrons. The molecule has 1 amide bonds. The van der Waals surface area contributed by atoms with Gasteiger partial charge in [-0.2, -0.15) is 0 Å². The fourth-order valence-electron chi connectivity index (χ4n) is 3.73. The first-order valence-corrected chi connectivity index (χ1v) is 9.27. The van der Waals surface area contributed by atoms with Crippen molar-refractivity contribution in [2.45, 2.75) is 26.3 Å². The predicted octanol–water partition coefficient (Wildman–Crippen LogP) is 2.65. The molecule has 0 bridgehead atoms. The van der Waals surface area contributed by atoms with Crippen molar-refractivity contribution in [2.24, 2.45) is 5.92 Å². The number of aryl methyl sites for hydroxylation is 1. The van der Waals surface area contributed by atoms with Gasteiger partial charge in [0.15, 0.2) is 0 Å². The van der Waals surface area contributed by atoms with Crippen LogP contribution in [0, 0.1) is 12.8 Å². The number of hydrogen-bond donors (Lipinski definition) is 0. The number of aromatic nitrogens is 3. The van der Waals surface area contributed by atoms with Crippen LogP contribution < -0.4 is 5.56 Å². The highest BCUT2D eigenvalue weighted by molar-refractivity contribution is 6.05. The van der Waals surface area contributed by atoms with Crippen molar-refractivity contribution in [1.82, 2.24) is 19.4 Å². The number of piperidine rings is 1. The van der Waals surface area contributed by atoms with Crippen molar-refractivity contribution < 1.29 is 4.79 Å². The SMILES string of the molecule is Cc1cncn(CC2CCN(C(=O)c3nccc4ccccc34)CC2)c1=O. The molecule has 3 aromatic rings. The smallest absolute Gasteiger partial charge is 0.273 e. The van der Waals surface area contributed by atoms with E-state index in [1.807, 2.05) is 35.2 Å². The van der Waals surface area contributed by atoms with Crippen LogP contribution >= 0.6 is 0 Å². The van der Waals surface area contributed by atoms with E-state index in [1.165, 1.54) is 0 Å². The van der Waals surface area contributed by atoms with Gasteiger partial charge in [0.1, 0.15) is 5.69 Å². The summed E-state index contributed by atoms with van der Waals surface area (Å²) in [5, 5.41) is 1.92. The van der Waals surface area contributed by atoms with E-state index >= 15 is 0 Å². The first kappa shape index (κ1) is 17.4. The standard InChI is InChI=1S/C21H22N4O2/c1-15-12-22-14-25(20(15)26)13-16-7-10-24(11-8-16)21(27)19-18-5-3-2-4-17(18)6-9-23-19/h2-6,9,12,14,16H,7-8,10-11,13H2,1H3. The summed E-state index contributed by atoms with van der Waals surface area (Å²) in [5.74, 6) is 0.357. The summed E-state index contributed by atoms with van der Waals surface area (Å²) in [5.41, 5.74) is 1.20. The second kappa shape index (κ2) is 7.31. The Labute approximate surface area is 157 Å². The van der Waals surface area contributed by atoms with Crippen LogP contribution in [0.15, 0.2) is 53.8 Å². The molecular formula is C21H22N4O2. The molecule has 2 aromatic heterocycles. The lowest BCUT2D eigenvalue weighted by Crippen LogP contribution is -2.40. The number of pyridine rings is 1. The molecule has 0 unspecified atom stereocenters. The van der Waals surface area contributed by atoms with E-state index in [0.717, 1.165) is 23.6 Å². The lowest BCUT2D eigenvalue weighted by molar-refractivity contribution is 0.0678. The molecule has 0 atom stereocenters. The highest BCUT2D eigenvalue weighted by atomic mass is 16.2. The molecular weight excluding hydrogens is 340 g/mol. The summed E-state index contributed by atoms with van der Waals surface area (Å²) in [6.07, 6.45) is 6.64.